The summed E-state index contributed by atoms with van der Waals surface area (Å²) in [6.07, 6.45) is 6.77. The average molecular weight is 314 g/mol. The van der Waals surface area contributed by atoms with Crippen molar-refractivity contribution in [3.63, 3.8) is 0 Å². The molecule has 0 amide bonds. The van der Waals surface area contributed by atoms with E-state index in [2.05, 4.69) is 11.4 Å². The van der Waals surface area contributed by atoms with Crippen LogP contribution < -0.4 is 5.32 Å². The molecule has 2 rings (SSSR count). The van der Waals surface area contributed by atoms with Gasteiger partial charge in [-0.05, 0) is 24.5 Å². The topological polar surface area (TPSA) is 21.3 Å². The lowest BCUT2D eigenvalue weighted by Gasteiger charge is -2.23. The molecule has 0 heterocycles. The Morgan fingerprint density at radius 3 is 2.85 bits per heavy atom. The van der Waals surface area contributed by atoms with Crippen LogP contribution in [0.4, 0.5) is 0 Å². The van der Waals surface area contributed by atoms with E-state index in [0.29, 0.717) is 0 Å². The molecule has 0 unspecified atom stereocenters. The standard InChI is InChI=1S/C16H24ClNOS/c1-19-11-10-18-12-13-6-5-9-15(17)16(13)20-14-7-3-2-4-8-14/h5-6,9,14,18H,2-4,7-8,10-12H2,1H3. The van der Waals surface area contributed by atoms with Gasteiger partial charge in [0.15, 0.2) is 0 Å². The highest BCUT2D eigenvalue weighted by Gasteiger charge is 2.17. The number of ether oxygens (including phenoxy) is 1. The van der Waals surface area contributed by atoms with Crippen LogP contribution in [-0.4, -0.2) is 25.5 Å². The zero-order valence-electron chi connectivity index (χ0n) is 12.2. The maximum Gasteiger partial charge on any atom is 0.0587 e. The van der Waals surface area contributed by atoms with Crippen molar-refractivity contribution >= 4 is 23.4 Å². The molecule has 1 aliphatic carbocycles. The van der Waals surface area contributed by atoms with Gasteiger partial charge in [-0.2, -0.15) is 0 Å². The number of methoxy groups -OCH3 is 1. The van der Waals surface area contributed by atoms with Gasteiger partial charge < -0.3 is 10.1 Å². The summed E-state index contributed by atoms with van der Waals surface area (Å²) < 4.78 is 5.06. The molecular formula is C16H24ClNOS. The van der Waals surface area contributed by atoms with Crippen molar-refractivity contribution in [1.82, 2.24) is 5.32 Å². The molecule has 0 atom stereocenters. The summed E-state index contributed by atoms with van der Waals surface area (Å²) in [4.78, 5) is 1.27. The number of thioether (sulfide) groups is 1. The molecule has 0 aliphatic heterocycles. The predicted octanol–water partition coefficient (Wildman–Crippen LogP) is 4.50. The zero-order valence-corrected chi connectivity index (χ0v) is 13.7. The quantitative estimate of drug-likeness (QED) is 0.749. The predicted molar refractivity (Wildman–Crippen MR) is 87.8 cm³/mol. The molecule has 20 heavy (non-hydrogen) atoms. The van der Waals surface area contributed by atoms with Crippen LogP contribution in [0.1, 0.15) is 37.7 Å². The van der Waals surface area contributed by atoms with E-state index < -0.39 is 0 Å². The number of hydrogen-bond donors (Lipinski definition) is 1. The summed E-state index contributed by atoms with van der Waals surface area (Å²) in [5.41, 5.74) is 1.31. The third-order valence-electron chi connectivity index (χ3n) is 3.68. The van der Waals surface area contributed by atoms with E-state index in [1.165, 1.54) is 42.6 Å². The normalized spacial score (nSPS) is 16.5. The molecule has 1 aromatic rings. The Bertz CT molecular complexity index is 407. The van der Waals surface area contributed by atoms with Crippen molar-refractivity contribution < 1.29 is 4.74 Å². The van der Waals surface area contributed by atoms with Crippen molar-refractivity contribution in [2.45, 2.75) is 48.8 Å². The fraction of sp³-hybridized carbons (Fsp3) is 0.625. The summed E-state index contributed by atoms with van der Waals surface area (Å²) in [5, 5.41) is 5.04. The van der Waals surface area contributed by atoms with Gasteiger partial charge in [0.2, 0.25) is 0 Å². The fourth-order valence-electron chi connectivity index (χ4n) is 2.57. The highest BCUT2D eigenvalue weighted by atomic mass is 35.5. The van der Waals surface area contributed by atoms with E-state index in [1.807, 2.05) is 23.9 Å². The summed E-state index contributed by atoms with van der Waals surface area (Å²) in [6, 6.07) is 6.23. The van der Waals surface area contributed by atoms with E-state index in [-0.39, 0.29) is 0 Å². The molecule has 0 radical (unpaired) electrons. The minimum Gasteiger partial charge on any atom is -0.383 e. The summed E-state index contributed by atoms with van der Waals surface area (Å²) in [5.74, 6) is 0. The minimum absolute atomic E-state index is 0.737. The van der Waals surface area contributed by atoms with Crippen molar-refractivity contribution in [2.75, 3.05) is 20.3 Å². The van der Waals surface area contributed by atoms with Crippen molar-refractivity contribution in [1.29, 1.82) is 0 Å². The first kappa shape index (κ1) is 16.2. The van der Waals surface area contributed by atoms with Crippen LogP contribution in [0, 0.1) is 0 Å². The lowest BCUT2D eigenvalue weighted by molar-refractivity contribution is 0.199. The maximum atomic E-state index is 6.42. The van der Waals surface area contributed by atoms with Crippen LogP contribution in [0.2, 0.25) is 5.02 Å². The number of rotatable bonds is 7. The van der Waals surface area contributed by atoms with Gasteiger partial charge in [0.05, 0.1) is 11.6 Å². The lowest BCUT2D eigenvalue weighted by atomic mass is 10.0. The van der Waals surface area contributed by atoms with Crippen LogP contribution in [-0.2, 0) is 11.3 Å². The summed E-state index contributed by atoms with van der Waals surface area (Å²) >= 11 is 8.39. The third kappa shape index (κ3) is 4.96. The average Bonchev–Trinajstić information content (AvgIpc) is 2.48. The Morgan fingerprint density at radius 2 is 2.10 bits per heavy atom. The second kappa shape index (κ2) is 8.93. The second-order valence-electron chi connectivity index (χ2n) is 5.28. The smallest absolute Gasteiger partial charge is 0.0587 e. The number of halogens is 1. The van der Waals surface area contributed by atoms with Crippen molar-refractivity contribution in [3.8, 4) is 0 Å². The Hall–Kier alpha value is -0.220. The van der Waals surface area contributed by atoms with Gasteiger partial charge in [-0.1, -0.05) is 43.0 Å². The minimum atomic E-state index is 0.737. The largest absolute Gasteiger partial charge is 0.383 e. The van der Waals surface area contributed by atoms with Crippen LogP contribution in [0.5, 0.6) is 0 Å². The van der Waals surface area contributed by atoms with Gasteiger partial charge in [-0.25, -0.2) is 0 Å². The van der Waals surface area contributed by atoms with Gasteiger partial charge in [0.1, 0.15) is 0 Å². The van der Waals surface area contributed by atoms with Crippen LogP contribution >= 0.6 is 23.4 Å². The molecule has 0 spiro atoms. The van der Waals surface area contributed by atoms with Crippen molar-refractivity contribution in [2.24, 2.45) is 0 Å². The van der Waals surface area contributed by atoms with Gasteiger partial charge in [-0.3, -0.25) is 0 Å². The first-order valence-electron chi connectivity index (χ1n) is 7.45. The van der Waals surface area contributed by atoms with E-state index in [1.54, 1.807) is 7.11 Å². The number of hydrogen-bond acceptors (Lipinski definition) is 3. The Morgan fingerprint density at radius 1 is 1.30 bits per heavy atom. The lowest BCUT2D eigenvalue weighted by Crippen LogP contribution is -2.19. The molecule has 1 aliphatic rings. The zero-order chi connectivity index (χ0) is 14.2. The molecule has 1 saturated carbocycles. The summed E-state index contributed by atoms with van der Waals surface area (Å²) in [6.45, 7) is 2.47. The number of benzene rings is 1. The molecule has 2 nitrogen and oxygen atoms in total. The fourth-order valence-corrected chi connectivity index (χ4v) is 4.27. The van der Waals surface area contributed by atoms with Crippen LogP contribution in [0.25, 0.3) is 0 Å². The molecular weight excluding hydrogens is 290 g/mol. The molecule has 0 bridgehead atoms. The Labute approximate surface area is 131 Å². The third-order valence-corrected chi connectivity index (χ3v) is 5.63. The van der Waals surface area contributed by atoms with Gasteiger partial charge in [-0.15, -0.1) is 11.8 Å². The first-order chi connectivity index (χ1) is 9.81. The second-order valence-corrected chi connectivity index (χ2v) is 6.99. The molecule has 1 aromatic carbocycles. The molecule has 0 aromatic heterocycles. The summed E-state index contributed by atoms with van der Waals surface area (Å²) in [7, 11) is 1.73. The number of nitrogens with one attached hydrogen (secondary N) is 1. The van der Waals surface area contributed by atoms with E-state index >= 15 is 0 Å². The Balaban J connectivity index is 1.97. The maximum absolute atomic E-state index is 6.42. The Kier molecular flexibility index (Phi) is 7.22. The van der Waals surface area contributed by atoms with E-state index in [0.717, 1.165) is 30.0 Å². The van der Waals surface area contributed by atoms with Crippen LogP contribution in [0.3, 0.4) is 0 Å². The molecule has 1 fully saturated rings. The van der Waals surface area contributed by atoms with Gasteiger partial charge in [0, 0.05) is 30.3 Å². The molecule has 112 valence electrons. The van der Waals surface area contributed by atoms with E-state index in [9.17, 15) is 0 Å². The monoisotopic (exact) mass is 313 g/mol. The first-order valence-corrected chi connectivity index (χ1v) is 8.70. The van der Waals surface area contributed by atoms with E-state index in [4.69, 9.17) is 16.3 Å². The molecule has 4 heteroatoms. The highest BCUT2D eigenvalue weighted by Crippen LogP contribution is 2.38. The van der Waals surface area contributed by atoms with Gasteiger partial charge in [0.25, 0.3) is 0 Å². The SMILES string of the molecule is COCCNCc1cccc(Cl)c1SC1CCCCC1. The highest BCUT2D eigenvalue weighted by molar-refractivity contribution is 8.00. The molecule has 1 N–H and O–H groups in total. The molecule has 0 saturated heterocycles. The van der Waals surface area contributed by atoms with Gasteiger partial charge >= 0.3 is 0 Å². The van der Waals surface area contributed by atoms with Crippen molar-refractivity contribution in [3.05, 3.63) is 28.8 Å². The van der Waals surface area contributed by atoms with Crippen LogP contribution in [0.15, 0.2) is 23.1 Å².